The number of hydrogen-bond donors (Lipinski definition) is 1. The molecule has 2 nitrogen and oxygen atoms in total. The van der Waals surface area contributed by atoms with Gasteiger partial charge in [0.2, 0.25) is 0 Å². The molecule has 2 aromatic rings. The van der Waals surface area contributed by atoms with Crippen LogP contribution in [0.15, 0.2) is 36.5 Å². The van der Waals surface area contributed by atoms with E-state index >= 15 is 0 Å². The highest BCUT2D eigenvalue weighted by Crippen LogP contribution is 2.23. The molecule has 1 aromatic heterocycles. The molecule has 17 heavy (non-hydrogen) atoms. The lowest BCUT2D eigenvalue weighted by Gasteiger charge is -2.09. The third kappa shape index (κ3) is 3.21. The summed E-state index contributed by atoms with van der Waals surface area (Å²) in [4.78, 5) is 4.34. The molecule has 1 aromatic carbocycles. The Morgan fingerprint density at radius 3 is 2.59 bits per heavy atom. The summed E-state index contributed by atoms with van der Waals surface area (Å²) in [6.45, 7) is 4.76. The van der Waals surface area contributed by atoms with Crippen LogP contribution in [0.3, 0.4) is 0 Å². The molecule has 0 unspecified atom stereocenters. The van der Waals surface area contributed by atoms with Crippen molar-refractivity contribution in [2.45, 2.75) is 20.4 Å². The molecule has 0 aliphatic heterocycles. The number of rotatable bonds is 3. The molecule has 0 spiro atoms. The van der Waals surface area contributed by atoms with Crippen LogP contribution in [0.1, 0.15) is 16.8 Å². The minimum atomic E-state index is 0.684. The fraction of sp³-hybridized carbons (Fsp3) is 0.214. The van der Waals surface area contributed by atoms with Crippen molar-refractivity contribution in [1.29, 1.82) is 0 Å². The maximum Gasteiger partial charge on any atom is 0.0637 e. The fourth-order valence-electron chi connectivity index (χ4n) is 1.56. The molecule has 1 N–H and O–H groups in total. The highest BCUT2D eigenvalue weighted by atomic mass is 35.5. The summed E-state index contributed by atoms with van der Waals surface area (Å²) in [7, 11) is 0. The monoisotopic (exact) mass is 246 g/mol. The first-order valence-corrected chi connectivity index (χ1v) is 5.94. The first kappa shape index (κ1) is 11.9. The van der Waals surface area contributed by atoms with Crippen molar-refractivity contribution in [3.8, 4) is 0 Å². The van der Waals surface area contributed by atoms with Gasteiger partial charge < -0.3 is 5.32 Å². The molecular formula is C14H15ClN2. The van der Waals surface area contributed by atoms with Gasteiger partial charge in [0, 0.05) is 6.20 Å². The van der Waals surface area contributed by atoms with Crippen LogP contribution in [0.4, 0.5) is 5.69 Å². The molecule has 2 rings (SSSR count). The van der Waals surface area contributed by atoms with E-state index in [1.165, 1.54) is 11.1 Å². The van der Waals surface area contributed by atoms with Crippen LogP contribution in [0, 0.1) is 13.8 Å². The van der Waals surface area contributed by atoms with Gasteiger partial charge >= 0.3 is 0 Å². The van der Waals surface area contributed by atoms with E-state index in [2.05, 4.69) is 16.4 Å². The zero-order valence-corrected chi connectivity index (χ0v) is 10.8. The lowest BCUT2D eigenvalue weighted by Crippen LogP contribution is -2.02. The average Bonchev–Trinajstić information content (AvgIpc) is 2.32. The standard InChI is InChI=1S/C14H15ClN2/c1-10-4-6-13(15)14(7-10)17-9-12-5-3-11(2)8-16-12/h3-8,17H,9H2,1-2H3. The van der Waals surface area contributed by atoms with Crippen LogP contribution in [-0.2, 0) is 6.54 Å². The van der Waals surface area contributed by atoms with Gasteiger partial charge in [0.15, 0.2) is 0 Å². The Morgan fingerprint density at radius 2 is 1.88 bits per heavy atom. The van der Waals surface area contributed by atoms with E-state index < -0.39 is 0 Å². The molecule has 1 heterocycles. The van der Waals surface area contributed by atoms with Gasteiger partial charge in [-0.3, -0.25) is 4.98 Å². The van der Waals surface area contributed by atoms with E-state index in [9.17, 15) is 0 Å². The zero-order valence-electron chi connectivity index (χ0n) is 10.00. The Labute approximate surface area is 107 Å². The molecule has 0 aliphatic carbocycles. The van der Waals surface area contributed by atoms with Crippen LogP contribution >= 0.6 is 11.6 Å². The summed E-state index contributed by atoms with van der Waals surface area (Å²) < 4.78 is 0. The molecule has 0 bridgehead atoms. The number of nitrogens with one attached hydrogen (secondary N) is 1. The van der Waals surface area contributed by atoms with Crippen molar-refractivity contribution in [2.24, 2.45) is 0 Å². The number of anilines is 1. The second-order valence-electron chi connectivity index (χ2n) is 4.16. The maximum atomic E-state index is 6.10. The van der Waals surface area contributed by atoms with E-state index in [1.807, 2.05) is 44.3 Å². The highest BCUT2D eigenvalue weighted by Gasteiger charge is 2.00. The van der Waals surface area contributed by atoms with Crippen molar-refractivity contribution < 1.29 is 0 Å². The second kappa shape index (κ2) is 5.19. The molecule has 0 aliphatic rings. The number of benzene rings is 1. The molecule has 0 saturated heterocycles. The van der Waals surface area contributed by atoms with Crippen molar-refractivity contribution in [3.05, 3.63) is 58.4 Å². The van der Waals surface area contributed by atoms with Crippen molar-refractivity contribution in [3.63, 3.8) is 0 Å². The molecule has 0 fully saturated rings. The van der Waals surface area contributed by atoms with E-state index in [1.54, 1.807) is 0 Å². The van der Waals surface area contributed by atoms with E-state index in [0.29, 0.717) is 6.54 Å². The first-order chi connectivity index (χ1) is 8.15. The summed E-state index contributed by atoms with van der Waals surface area (Å²) >= 11 is 6.10. The molecular weight excluding hydrogens is 232 g/mol. The van der Waals surface area contributed by atoms with Gasteiger partial charge in [-0.1, -0.05) is 23.7 Å². The lowest BCUT2D eigenvalue weighted by molar-refractivity contribution is 1.04. The molecule has 0 saturated carbocycles. The summed E-state index contributed by atoms with van der Waals surface area (Å²) in [5.74, 6) is 0. The van der Waals surface area contributed by atoms with Crippen molar-refractivity contribution in [2.75, 3.05) is 5.32 Å². The average molecular weight is 247 g/mol. The SMILES string of the molecule is Cc1ccc(CNc2cc(C)ccc2Cl)nc1. The number of aromatic nitrogens is 1. The van der Waals surface area contributed by atoms with Gasteiger partial charge in [-0.2, -0.15) is 0 Å². The number of aryl methyl sites for hydroxylation is 2. The highest BCUT2D eigenvalue weighted by molar-refractivity contribution is 6.33. The Kier molecular flexibility index (Phi) is 3.64. The summed E-state index contributed by atoms with van der Waals surface area (Å²) in [5.41, 5.74) is 4.32. The summed E-state index contributed by atoms with van der Waals surface area (Å²) in [6.07, 6.45) is 1.87. The number of nitrogens with zero attached hydrogens (tertiary/aromatic N) is 1. The quantitative estimate of drug-likeness (QED) is 0.887. The Bertz CT molecular complexity index is 506. The topological polar surface area (TPSA) is 24.9 Å². The number of pyridine rings is 1. The van der Waals surface area contributed by atoms with Crippen LogP contribution < -0.4 is 5.32 Å². The second-order valence-corrected chi connectivity index (χ2v) is 4.57. The Hall–Kier alpha value is -1.54. The minimum Gasteiger partial charge on any atom is -0.378 e. The fourth-order valence-corrected chi connectivity index (χ4v) is 1.75. The smallest absolute Gasteiger partial charge is 0.0637 e. The van der Waals surface area contributed by atoms with Gasteiger partial charge in [0.25, 0.3) is 0 Å². The van der Waals surface area contributed by atoms with Crippen molar-refractivity contribution in [1.82, 2.24) is 4.98 Å². The minimum absolute atomic E-state index is 0.684. The van der Waals surface area contributed by atoms with Crippen molar-refractivity contribution >= 4 is 17.3 Å². The Morgan fingerprint density at radius 1 is 1.12 bits per heavy atom. The van der Waals surface area contributed by atoms with E-state index in [4.69, 9.17) is 11.6 Å². The summed E-state index contributed by atoms with van der Waals surface area (Å²) in [6, 6.07) is 10.0. The summed E-state index contributed by atoms with van der Waals surface area (Å²) in [5, 5.41) is 4.03. The molecule has 0 radical (unpaired) electrons. The molecule has 0 atom stereocenters. The van der Waals surface area contributed by atoms with E-state index in [0.717, 1.165) is 16.4 Å². The van der Waals surface area contributed by atoms with E-state index in [-0.39, 0.29) is 0 Å². The van der Waals surface area contributed by atoms with Gasteiger partial charge in [-0.25, -0.2) is 0 Å². The van der Waals surface area contributed by atoms with Crippen LogP contribution in [-0.4, -0.2) is 4.98 Å². The molecule has 0 amide bonds. The Balaban J connectivity index is 2.07. The lowest BCUT2D eigenvalue weighted by atomic mass is 10.2. The number of halogens is 1. The molecule has 3 heteroatoms. The predicted molar refractivity (Wildman–Crippen MR) is 72.5 cm³/mol. The molecule has 88 valence electrons. The van der Waals surface area contributed by atoms with Crippen LogP contribution in [0.2, 0.25) is 5.02 Å². The largest absolute Gasteiger partial charge is 0.378 e. The van der Waals surface area contributed by atoms with Crippen LogP contribution in [0.25, 0.3) is 0 Å². The van der Waals surface area contributed by atoms with Gasteiger partial charge in [-0.05, 0) is 43.2 Å². The normalized spacial score (nSPS) is 10.3. The number of hydrogen-bond acceptors (Lipinski definition) is 2. The third-order valence-electron chi connectivity index (χ3n) is 2.55. The predicted octanol–water partition coefficient (Wildman–Crippen LogP) is 3.96. The zero-order chi connectivity index (χ0) is 12.3. The van der Waals surface area contributed by atoms with Gasteiger partial charge in [-0.15, -0.1) is 0 Å². The third-order valence-corrected chi connectivity index (χ3v) is 2.88. The first-order valence-electron chi connectivity index (χ1n) is 5.57. The van der Waals surface area contributed by atoms with Gasteiger partial charge in [0.05, 0.1) is 22.9 Å². The maximum absolute atomic E-state index is 6.10. The van der Waals surface area contributed by atoms with Crippen LogP contribution in [0.5, 0.6) is 0 Å². The van der Waals surface area contributed by atoms with Gasteiger partial charge in [0.1, 0.15) is 0 Å².